The zero-order valence-electron chi connectivity index (χ0n) is 9.46. The summed E-state index contributed by atoms with van der Waals surface area (Å²) >= 11 is 5.93. The summed E-state index contributed by atoms with van der Waals surface area (Å²) in [5.74, 6) is 1.36. The largest absolute Gasteiger partial charge is 0.394 e. The van der Waals surface area contributed by atoms with Gasteiger partial charge in [0, 0.05) is 12.1 Å². The lowest BCUT2D eigenvalue weighted by Crippen LogP contribution is -2.13. The number of rotatable bonds is 6. The second-order valence-electron chi connectivity index (χ2n) is 3.30. The van der Waals surface area contributed by atoms with E-state index in [4.69, 9.17) is 21.4 Å². The first-order chi connectivity index (χ1) is 7.65. The molecule has 1 aromatic rings. The molecule has 2 N–H and O–H groups in total. The Morgan fingerprint density at radius 3 is 2.75 bits per heavy atom. The van der Waals surface area contributed by atoms with Crippen molar-refractivity contribution in [3.8, 4) is 0 Å². The van der Waals surface area contributed by atoms with Gasteiger partial charge in [0.05, 0.1) is 19.8 Å². The van der Waals surface area contributed by atoms with E-state index in [0.717, 1.165) is 11.4 Å². The van der Waals surface area contributed by atoms with Crippen LogP contribution in [0.25, 0.3) is 0 Å². The minimum atomic E-state index is 0.0392. The first-order valence-corrected chi connectivity index (χ1v) is 5.46. The third kappa shape index (κ3) is 3.92. The molecular formula is C10H16ClN3O2. The second kappa shape index (κ2) is 6.62. The summed E-state index contributed by atoms with van der Waals surface area (Å²) in [7, 11) is 0. The SMILES string of the molecule is Cc1nc(Cl)c(C)c(NCCOCCO)n1. The highest BCUT2D eigenvalue weighted by atomic mass is 35.5. The highest BCUT2D eigenvalue weighted by molar-refractivity contribution is 6.30. The maximum Gasteiger partial charge on any atom is 0.137 e. The maximum absolute atomic E-state index is 8.52. The number of aliphatic hydroxyl groups excluding tert-OH is 1. The monoisotopic (exact) mass is 245 g/mol. The fourth-order valence-electron chi connectivity index (χ4n) is 1.17. The van der Waals surface area contributed by atoms with Gasteiger partial charge >= 0.3 is 0 Å². The smallest absolute Gasteiger partial charge is 0.137 e. The predicted molar refractivity (Wildman–Crippen MR) is 62.9 cm³/mol. The Labute approximate surface area is 99.8 Å². The van der Waals surface area contributed by atoms with Crippen molar-refractivity contribution in [2.75, 3.05) is 31.7 Å². The number of ether oxygens (including phenoxy) is 1. The number of nitrogens with zero attached hydrogens (tertiary/aromatic N) is 2. The second-order valence-corrected chi connectivity index (χ2v) is 3.66. The molecule has 1 rings (SSSR count). The van der Waals surface area contributed by atoms with Gasteiger partial charge in [-0.05, 0) is 13.8 Å². The lowest BCUT2D eigenvalue weighted by atomic mass is 10.3. The van der Waals surface area contributed by atoms with Gasteiger partial charge in [0.25, 0.3) is 0 Å². The Morgan fingerprint density at radius 2 is 2.06 bits per heavy atom. The molecule has 0 aromatic carbocycles. The first kappa shape index (κ1) is 13.2. The van der Waals surface area contributed by atoms with E-state index in [0.29, 0.717) is 30.7 Å². The Hall–Kier alpha value is -0.910. The number of aliphatic hydroxyl groups is 1. The van der Waals surface area contributed by atoms with Gasteiger partial charge in [-0.15, -0.1) is 0 Å². The zero-order chi connectivity index (χ0) is 12.0. The van der Waals surface area contributed by atoms with Gasteiger partial charge in [0.2, 0.25) is 0 Å². The molecule has 0 aliphatic heterocycles. The van der Waals surface area contributed by atoms with Crippen molar-refractivity contribution in [1.82, 2.24) is 9.97 Å². The molecule has 0 saturated carbocycles. The van der Waals surface area contributed by atoms with Crippen molar-refractivity contribution >= 4 is 17.4 Å². The molecule has 0 saturated heterocycles. The van der Waals surface area contributed by atoms with Crippen LogP contribution in [0.3, 0.4) is 0 Å². The van der Waals surface area contributed by atoms with Gasteiger partial charge in [-0.2, -0.15) is 0 Å². The van der Waals surface area contributed by atoms with Gasteiger partial charge in [0.15, 0.2) is 0 Å². The van der Waals surface area contributed by atoms with E-state index in [1.165, 1.54) is 0 Å². The number of aryl methyl sites for hydroxylation is 1. The van der Waals surface area contributed by atoms with Crippen molar-refractivity contribution < 1.29 is 9.84 Å². The topological polar surface area (TPSA) is 67.3 Å². The fraction of sp³-hybridized carbons (Fsp3) is 0.600. The van der Waals surface area contributed by atoms with Crippen LogP contribution in [-0.4, -0.2) is 41.4 Å². The standard InChI is InChI=1S/C10H16ClN3O2/c1-7-9(11)13-8(2)14-10(7)12-3-5-16-6-4-15/h15H,3-6H2,1-2H3,(H,12,13,14). The molecule has 6 heteroatoms. The average Bonchev–Trinajstić information content (AvgIpc) is 2.24. The molecule has 1 heterocycles. The molecule has 0 atom stereocenters. The van der Waals surface area contributed by atoms with Crippen molar-refractivity contribution in [2.45, 2.75) is 13.8 Å². The van der Waals surface area contributed by atoms with E-state index in [1.807, 2.05) is 6.92 Å². The van der Waals surface area contributed by atoms with Gasteiger partial charge in [-0.1, -0.05) is 11.6 Å². The number of nitrogens with one attached hydrogen (secondary N) is 1. The lowest BCUT2D eigenvalue weighted by molar-refractivity contribution is 0.0992. The molecule has 0 fully saturated rings. The summed E-state index contributed by atoms with van der Waals surface area (Å²) in [5.41, 5.74) is 0.828. The van der Waals surface area contributed by atoms with E-state index in [9.17, 15) is 0 Å². The summed E-state index contributed by atoms with van der Waals surface area (Å²) in [5, 5.41) is 12.1. The quantitative estimate of drug-likeness (QED) is 0.582. The van der Waals surface area contributed by atoms with Gasteiger partial charge in [-0.25, -0.2) is 9.97 Å². The molecule has 0 unspecified atom stereocenters. The van der Waals surface area contributed by atoms with Gasteiger partial charge < -0.3 is 15.2 Å². The summed E-state index contributed by atoms with van der Waals surface area (Å²) in [6, 6.07) is 0. The molecule has 16 heavy (non-hydrogen) atoms. The third-order valence-electron chi connectivity index (χ3n) is 1.97. The van der Waals surface area contributed by atoms with Crippen molar-refractivity contribution in [3.63, 3.8) is 0 Å². The summed E-state index contributed by atoms with van der Waals surface area (Å²) < 4.78 is 5.12. The van der Waals surface area contributed by atoms with Crippen molar-refractivity contribution in [3.05, 3.63) is 16.5 Å². The predicted octanol–water partition coefficient (Wildman–Crippen LogP) is 1.17. The number of aromatic nitrogens is 2. The Bertz CT molecular complexity index is 347. The first-order valence-electron chi connectivity index (χ1n) is 5.08. The Morgan fingerprint density at radius 1 is 1.31 bits per heavy atom. The molecule has 0 bridgehead atoms. The van der Waals surface area contributed by atoms with E-state index in [-0.39, 0.29) is 6.61 Å². The minimum Gasteiger partial charge on any atom is -0.394 e. The maximum atomic E-state index is 8.52. The fourth-order valence-corrected chi connectivity index (χ4v) is 1.39. The number of anilines is 1. The van der Waals surface area contributed by atoms with Crippen LogP contribution in [0.5, 0.6) is 0 Å². The van der Waals surface area contributed by atoms with E-state index < -0.39 is 0 Å². The van der Waals surface area contributed by atoms with Crippen LogP contribution in [0.2, 0.25) is 5.15 Å². The van der Waals surface area contributed by atoms with Crippen LogP contribution >= 0.6 is 11.6 Å². The Balaban J connectivity index is 2.47. The molecule has 0 aliphatic rings. The molecule has 5 nitrogen and oxygen atoms in total. The van der Waals surface area contributed by atoms with Crippen LogP contribution in [0, 0.1) is 13.8 Å². The number of halogens is 1. The molecule has 0 amide bonds. The molecule has 0 aliphatic carbocycles. The van der Waals surface area contributed by atoms with Gasteiger partial charge in [0.1, 0.15) is 16.8 Å². The van der Waals surface area contributed by atoms with Gasteiger partial charge in [-0.3, -0.25) is 0 Å². The average molecular weight is 246 g/mol. The number of hydrogen-bond acceptors (Lipinski definition) is 5. The van der Waals surface area contributed by atoms with E-state index >= 15 is 0 Å². The molecule has 1 aromatic heterocycles. The molecule has 0 radical (unpaired) electrons. The van der Waals surface area contributed by atoms with E-state index in [2.05, 4.69) is 15.3 Å². The molecule has 90 valence electrons. The van der Waals surface area contributed by atoms with Crippen LogP contribution in [0.15, 0.2) is 0 Å². The van der Waals surface area contributed by atoms with Crippen molar-refractivity contribution in [1.29, 1.82) is 0 Å². The Kier molecular flexibility index (Phi) is 5.45. The highest BCUT2D eigenvalue weighted by Crippen LogP contribution is 2.18. The normalized spacial score (nSPS) is 10.5. The zero-order valence-corrected chi connectivity index (χ0v) is 10.2. The van der Waals surface area contributed by atoms with Crippen LogP contribution in [-0.2, 0) is 4.74 Å². The third-order valence-corrected chi connectivity index (χ3v) is 2.34. The van der Waals surface area contributed by atoms with Crippen LogP contribution < -0.4 is 5.32 Å². The summed E-state index contributed by atoms with van der Waals surface area (Å²) in [4.78, 5) is 8.28. The number of hydrogen-bond donors (Lipinski definition) is 2. The summed E-state index contributed by atoms with van der Waals surface area (Å²) in [6.07, 6.45) is 0. The highest BCUT2D eigenvalue weighted by Gasteiger charge is 2.06. The molecular weight excluding hydrogens is 230 g/mol. The van der Waals surface area contributed by atoms with Crippen LogP contribution in [0.4, 0.5) is 5.82 Å². The van der Waals surface area contributed by atoms with Crippen LogP contribution in [0.1, 0.15) is 11.4 Å². The minimum absolute atomic E-state index is 0.0392. The van der Waals surface area contributed by atoms with E-state index in [1.54, 1.807) is 6.92 Å². The lowest BCUT2D eigenvalue weighted by Gasteiger charge is -2.10. The summed E-state index contributed by atoms with van der Waals surface area (Å²) in [6.45, 7) is 5.17. The van der Waals surface area contributed by atoms with Crippen molar-refractivity contribution in [2.24, 2.45) is 0 Å². The molecule has 0 spiro atoms.